The zero-order valence-corrected chi connectivity index (χ0v) is 11.0. The summed E-state index contributed by atoms with van der Waals surface area (Å²) in [4.78, 5) is -0.483. The van der Waals surface area contributed by atoms with Gasteiger partial charge in [0.1, 0.15) is 10.6 Å². The van der Waals surface area contributed by atoms with Crippen molar-refractivity contribution in [3.63, 3.8) is 0 Å². The molecule has 1 aromatic rings. The molecule has 0 saturated heterocycles. The highest BCUT2D eigenvalue weighted by molar-refractivity contribution is 6.49. The molecule has 0 amide bonds. The first kappa shape index (κ1) is 11.9. The van der Waals surface area contributed by atoms with Gasteiger partial charge in [-0.05, 0) is 37.2 Å². The molecule has 0 bridgehead atoms. The third-order valence-electron chi connectivity index (χ3n) is 1.88. The van der Waals surface area contributed by atoms with E-state index in [2.05, 4.69) is 13.1 Å². The van der Waals surface area contributed by atoms with Gasteiger partial charge < -0.3 is 4.43 Å². The van der Waals surface area contributed by atoms with E-state index in [0.29, 0.717) is 0 Å². The van der Waals surface area contributed by atoms with E-state index < -0.39 is 13.9 Å². The molecule has 0 spiro atoms. The van der Waals surface area contributed by atoms with Gasteiger partial charge in [-0.25, -0.2) is 0 Å². The molecule has 14 heavy (non-hydrogen) atoms. The number of halogens is 2. The van der Waals surface area contributed by atoms with Crippen molar-refractivity contribution >= 4 is 32.2 Å². The summed E-state index contributed by atoms with van der Waals surface area (Å²) in [5.41, 5.74) is 1.96. The zero-order valence-electron chi connectivity index (χ0n) is 8.47. The summed E-state index contributed by atoms with van der Waals surface area (Å²) in [6.45, 7) is 6.17. The highest BCUT2D eigenvalue weighted by Gasteiger charge is 2.11. The average molecular weight is 248 g/mol. The predicted molar refractivity (Wildman–Crippen MR) is 63.7 cm³/mol. The van der Waals surface area contributed by atoms with Gasteiger partial charge in [-0.2, -0.15) is 0 Å². The molecule has 0 N–H and O–H groups in total. The predicted octanol–water partition coefficient (Wildman–Crippen LogP) is 4.10. The molecule has 1 nitrogen and oxygen atoms in total. The van der Waals surface area contributed by atoms with Crippen LogP contribution in [0.15, 0.2) is 18.2 Å². The van der Waals surface area contributed by atoms with Crippen molar-refractivity contribution in [3.8, 4) is 5.75 Å². The third kappa shape index (κ3) is 2.90. The van der Waals surface area contributed by atoms with Crippen LogP contribution in [0.5, 0.6) is 5.75 Å². The maximum Gasteiger partial charge on any atom is 0.274 e. The minimum absolute atomic E-state index is 0.483. The monoisotopic (exact) mass is 247 g/mol. The van der Waals surface area contributed by atoms with E-state index in [9.17, 15) is 0 Å². The van der Waals surface area contributed by atoms with E-state index in [1.165, 1.54) is 0 Å². The molecule has 0 heterocycles. The van der Waals surface area contributed by atoms with Crippen molar-refractivity contribution in [2.24, 2.45) is 0 Å². The Morgan fingerprint density at radius 2 is 1.93 bits per heavy atom. The molecule has 77 valence electrons. The lowest BCUT2D eigenvalue weighted by atomic mass is 10.1. The number of rotatable bonds is 3. The number of hydrogen-bond acceptors (Lipinski definition) is 1. The first-order chi connectivity index (χ1) is 6.52. The van der Waals surface area contributed by atoms with Gasteiger partial charge in [0.15, 0.2) is 0 Å². The van der Waals surface area contributed by atoms with Crippen LogP contribution in [0.1, 0.15) is 16.0 Å². The third-order valence-corrected chi connectivity index (χ3v) is 2.97. The fraction of sp³-hybridized carbons (Fsp3) is 0.400. The molecule has 0 fully saturated rings. The van der Waals surface area contributed by atoms with Crippen LogP contribution in [-0.4, -0.2) is 9.04 Å². The van der Waals surface area contributed by atoms with E-state index in [4.69, 9.17) is 27.6 Å². The Morgan fingerprint density at radius 1 is 1.29 bits per heavy atom. The average Bonchev–Trinajstić information content (AvgIpc) is 2.07. The lowest BCUT2D eigenvalue weighted by Gasteiger charge is -2.14. The van der Waals surface area contributed by atoms with Gasteiger partial charge in [-0.1, -0.05) is 12.1 Å². The molecule has 1 rings (SSSR count). The zero-order chi connectivity index (χ0) is 10.7. The van der Waals surface area contributed by atoms with Crippen LogP contribution < -0.4 is 4.43 Å². The van der Waals surface area contributed by atoms with Gasteiger partial charge in [-0.15, -0.1) is 23.2 Å². The molecule has 0 unspecified atom stereocenters. The standard InChI is InChI=1S/C10H13Cl2OSi/c1-7-8(10(11)12)5-4-6-9(7)13-14(2)3/h4-6,10H,1-3H3. The van der Waals surface area contributed by atoms with Gasteiger partial charge in [0.2, 0.25) is 0 Å². The van der Waals surface area contributed by atoms with Crippen LogP contribution in [0.25, 0.3) is 0 Å². The van der Waals surface area contributed by atoms with Crippen LogP contribution >= 0.6 is 23.2 Å². The smallest absolute Gasteiger partial charge is 0.274 e. The lowest BCUT2D eigenvalue weighted by Crippen LogP contribution is -2.12. The maximum absolute atomic E-state index is 5.84. The number of benzene rings is 1. The minimum atomic E-state index is -0.737. The lowest BCUT2D eigenvalue weighted by molar-refractivity contribution is 0.574. The quantitative estimate of drug-likeness (QED) is 0.578. The van der Waals surface area contributed by atoms with Gasteiger partial charge in [-0.3, -0.25) is 0 Å². The Hall–Kier alpha value is -0.183. The molecule has 0 saturated carbocycles. The van der Waals surface area contributed by atoms with E-state index in [1.54, 1.807) is 0 Å². The summed E-state index contributed by atoms with van der Waals surface area (Å²) in [6.07, 6.45) is 0. The van der Waals surface area contributed by atoms with E-state index in [1.807, 2.05) is 25.1 Å². The summed E-state index contributed by atoms with van der Waals surface area (Å²) < 4.78 is 5.72. The second-order valence-corrected chi connectivity index (χ2v) is 6.40. The Bertz CT molecular complexity index is 313. The van der Waals surface area contributed by atoms with Crippen LogP contribution in [0, 0.1) is 6.92 Å². The normalized spacial score (nSPS) is 11.1. The van der Waals surface area contributed by atoms with Gasteiger partial charge in [0, 0.05) is 0 Å². The Kier molecular flexibility index (Phi) is 4.29. The largest absolute Gasteiger partial charge is 0.542 e. The molecule has 1 radical (unpaired) electrons. The molecule has 0 aliphatic carbocycles. The highest BCUT2D eigenvalue weighted by atomic mass is 35.5. The van der Waals surface area contributed by atoms with Gasteiger partial charge in [0.05, 0.1) is 0 Å². The molecular formula is C10H13Cl2OSi. The van der Waals surface area contributed by atoms with Crippen molar-refractivity contribution in [1.29, 1.82) is 0 Å². The van der Waals surface area contributed by atoms with Crippen molar-refractivity contribution < 1.29 is 4.43 Å². The van der Waals surface area contributed by atoms with Crippen LogP contribution in [-0.2, 0) is 0 Å². The van der Waals surface area contributed by atoms with Crippen molar-refractivity contribution in [2.75, 3.05) is 0 Å². The summed E-state index contributed by atoms with van der Waals surface area (Å²) in [7, 11) is -0.737. The molecule has 0 aliphatic heterocycles. The van der Waals surface area contributed by atoms with Gasteiger partial charge >= 0.3 is 0 Å². The van der Waals surface area contributed by atoms with Crippen molar-refractivity contribution in [2.45, 2.75) is 24.9 Å². The van der Waals surface area contributed by atoms with Crippen LogP contribution in [0.3, 0.4) is 0 Å². The summed E-state index contributed by atoms with van der Waals surface area (Å²) in [6, 6.07) is 5.79. The summed E-state index contributed by atoms with van der Waals surface area (Å²) in [5, 5.41) is 0. The molecule has 0 aliphatic rings. The van der Waals surface area contributed by atoms with Gasteiger partial charge in [0.25, 0.3) is 9.04 Å². The fourth-order valence-electron chi connectivity index (χ4n) is 1.20. The second-order valence-electron chi connectivity index (χ2n) is 3.28. The highest BCUT2D eigenvalue weighted by Crippen LogP contribution is 2.32. The maximum atomic E-state index is 5.84. The molecule has 0 aromatic heterocycles. The molecule has 1 aromatic carbocycles. The SMILES string of the molecule is Cc1c(O[Si](C)C)cccc1C(Cl)Cl. The van der Waals surface area contributed by atoms with Crippen LogP contribution in [0.4, 0.5) is 0 Å². The van der Waals surface area contributed by atoms with Crippen molar-refractivity contribution in [1.82, 2.24) is 0 Å². The van der Waals surface area contributed by atoms with E-state index in [0.717, 1.165) is 16.9 Å². The summed E-state index contributed by atoms with van der Waals surface area (Å²) in [5.74, 6) is 0.896. The van der Waals surface area contributed by atoms with E-state index >= 15 is 0 Å². The molecule has 0 atom stereocenters. The first-order valence-corrected chi connectivity index (χ1v) is 7.66. The Labute approximate surface area is 96.7 Å². The molecule has 4 heteroatoms. The van der Waals surface area contributed by atoms with Crippen molar-refractivity contribution in [3.05, 3.63) is 29.3 Å². The first-order valence-electron chi connectivity index (χ1n) is 4.38. The van der Waals surface area contributed by atoms with E-state index in [-0.39, 0.29) is 0 Å². The molecular weight excluding hydrogens is 235 g/mol. The topological polar surface area (TPSA) is 9.23 Å². The second kappa shape index (κ2) is 5.05. The summed E-state index contributed by atoms with van der Waals surface area (Å²) >= 11 is 11.7. The number of alkyl halides is 2. The Morgan fingerprint density at radius 3 is 2.43 bits per heavy atom. The number of hydrogen-bond donors (Lipinski definition) is 0. The van der Waals surface area contributed by atoms with Crippen LogP contribution in [0.2, 0.25) is 13.1 Å². The Balaban J connectivity index is 3.01. The minimum Gasteiger partial charge on any atom is -0.542 e. The fourth-order valence-corrected chi connectivity index (χ4v) is 2.33.